The number of carbonyl (C=O) groups excluding carboxylic acids is 3. The Morgan fingerprint density at radius 3 is 2.32 bits per heavy atom. The third-order valence-corrected chi connectivity index (χ3v) is 3.86. The van der Waals surface area contributed by atoms with Crippen molar-refractivity contribution < 1.29 is 14.4 Å². The Morgan fingerprint density at radius 2 is 1.64 bits per heavy atom. The number of anilines is 2. The summed E-state index contributed by atoms with van der Waals surface area (Å²) >= 11 is 5.93. The topological polar surface area (TPSA) is 87.3 Å². The normalized spacial score (nSPS) is 10.0. The Bertz CT molecular complexity index is 821. The van der Waals surface area contributed by atoms with E-state index in [1.807, 2.05) is 19.9 Å². The number of aryl methyl sites for hydroxylation is 2. The van der Waals surface area contributed by atoms with Crippen molar-refractivity contribution in [2.45, 2.75) is 13.8 Å². The van der Waals surface area contributed by atoms with Gasteiger partial charge in [0.15, 0.2) is 0 Å². The van der Waals surface area contributed by atoms with Crippen LogP contribution in [0.5, 0.6) is 0 Å². The van der Waals surface area contributed by atoms with Crippen LogP contribution in [0, 0.1) is 13.8 Å². The standard InChI is InChI=1S/C18H18ClN3O3/c1-11-7-8-13(9-12(11)2)21-18(25)17(24)20-10-16(23)22-15-6-4-3-5-14(15)19/h3-9H,10H2,1-2H3,(H,20,24)(H,21,25)(H,22,23). The van der Waals surface area contributed by atoms with Crippen LogP contribution in [0.4, 0.5) is 11.4 Å². The Kier molecular flexibility index (Phi) is 6.14. The molecular weight excluding hydrogens is 342 g/mol. The summed E-state index contributed by atoms with van der Waals surface area (Å²) in [6.07, 6.45) is 0. The summed E-state index contributed by atoms with van der Waals surface area (Å²) in [4.78, 5) is 35.5. The van der Waals surface area contributed by atoms with Crippen LogP contribution in [0.3, 0.4) is 0 Å². The van der Waals surface area contributed by atoms with Crippen molar-refractivity contribution >= 4 is 40.7 Å². The highest BCUT2D eigenvalue weighted by Crippen LogP contribution is 2.20. The molecule has 2 aromatic carbocycles. The smallest absolute Gasteiger partial charge is 0.313 e. The lowest BCUT2D eigenvalue weighted by atomic mass is 10.1. The maximum Gasteiger partial charge on any atom is 0.313 e. The molecule has 6 nitrogen and oxygen atoms in total. The SMILES string of the molecule is Cc1ccc(NC(=O)C(=O)NCC(=O)Nc2ccccc2Cl)cc1C. The van der Waals surface area contributed by atoms with Gasteiger partial charge in [-0.25, -0.2) is 0 Å². The van der Waals surface area contributed by atoms with E-state index in [-0.39, 0.29) is 6.54 Å². The van der Waals surface area contributed by atoms with Gasteiger partial charge in [-0.1, -0.05) is 29.8 Å². The summed E-state index contributed by atoms with van der Waals surface area (Å²) in [5, 5.41) is 7.69. The zero-order valence-electron chi connectivity index (χ0n) is 13.9. The number of hydrogen-bond acceptors (Lipinski definition) is 3. The molecule has 0 radical (unpaired) electrons. The van der Waals surface area contributed by atoms with Crippen LogP contribution < -0.4 is 16.0 Å². The molecule has 130 valence electrons. The molecule has 7 heteroatoms. The molecule has 3 N–H and O–H groups in total. The van der Waals surface area contributed by atoms with Crippen LogP contribution >= 0.6 is 11.6 Å². The molecule has 0 aliphatic heterocycles. The van der Waals surface area contributed by atoms with Crippen molar-refractivity contribution in [3.63, 3.8) is 0 Å². The van der Waals surface area contributed by atoms with Gasteiger partial charge in [0.25, 0.3) is 0 Å². The summed E-state index contributed by atoms with van der Waals surface area (Å²) in [6, 6.07) is 12.0. The van der Waals surface area contributed by atoms with Crippen molar-refractivity contribution in [1.82, 2.24) is 5.32 Å². The molecule has 0 aliphatic carbocycles. The fraction of sp³-hybridized carbons (Fsp3) is 0.167. The second kappa shape index (κ2) is 8.30. The fourth-order valence-electron chi connectivity index (χ4n) is 2.00. The predicted octanol–water partition coefficient (Wildman–Crippen LogP) is 2.65. The van der Waals surface area contributed by atoms with Gasteiger partial charge >= 0.3 is 11.8 Å². The number of halogens is 1. The number of para-hydroxylation sites is 1. The third-order valence-electron chi connectivity index (χ3n) is 3.53. The molecule has 0 saturated carbocycles. The minimum Gasteiger partial charge on any atom is -0.339 e. The third kappa shape index (κ3) is 5.32. The van der Waals surface area contributed by atoms with Crippen LogP contribution in [-0.2, 0) is 14.4 Å². The van der Waals surface area contributed by atoms with Gasteiger partial charge in [-0.3, -0.25) is 14.4 Å². The van der Waals surface area contributed by atoms with E-state index in [0.717, 1.165) is 11.1 Å². The minimum atomic E-state index is -0.896. The van der Waals surface area contributed by atoms with Crippen LogP contribution in [0.2, 0.25) is 5.02 Å². The molecule has 2 rings (SSSR count). The van der Waals surface area contributed by atoms with Crippen molar-refractivity contribution in [3.05, 3.63) is 58.6 Å². The summed E-state index contributed by atoms with van der Waals surface area (Å²) in [6.45, 7) is 3.51. The molecule has 0 heterocycles. The van der Waals surface area contributed by atoms with Crippen LogP contribution in [0.1, 0.15) is 11.1 Å². The average Bonchev–Trinajstić information content (AvgIpc) is 2.58. The van der Waals surface area contributed by atoms with Crippen molar-refractivity contribution in [1.29, 1.82) is 0 Å². The highest BCUT2D eigenvalue weighted by molar-refractivity contribution is 6.40. The van der Waals surface area contributed by atoms with E-state index in [1.54, 1.807) is 36.4 Å². The monoisotopic (exact) mass is 359 g/mol. The Hall–Kier alpha value is -2.86. The Morgan fingerprint density at radius 1 is 0.920 bits per heavy atom. The average molecular weight is 360 g/mol. The molecule has 0 aromatic heterocycles. The van der Waals surface area contributed by atoms with Gasteiger partial charge in [0.2, 0.25) is 5.91 Å². The first-order chi connectivity index (χ1) is 11.9. The van der Waals surface area contributed by atoms with E-state index < -0.39 is 17.7 Å². The molecule has 0 saturated heterocycles. The van der Waals surface area contributed by atoms with Gasteiger partial charge in [0, 0.05) is 5.69 Å². The zero-order chi connectivity index (χ0) is 18.4. The van der Waals surface area contributed by atoms with Gasteiger partial charge in [0.1, 0.15) is 0 Å². The number of hydrogen-bond donors (Lipinski definition) is 3. The van der Waals surface area contributed by atoms with Gasteiger partial charge < -0.3 is 16.0 Å². The number of nitrogens with one attached hydrogen (secondary N) is 3. The quantitative estimate of drug-likeness (QED) is 0.733. The first kappa shape index (κ1) is 18.5. The lowest BCUT2D eigenvalue weighted by molar-refractivity contribution is -0.136. The number of benzene rings is 2. The van der Waals surface area contributed by atoms with Crippen molar-refractivity contribution in [2.24, 2.45) is 0 Å². The Labute approximate surface area is 150 Å². The summed E-state index contributed by atoms with van der Waals surface area (Å²) in [5.74, 6) is -2.22. The van der Waals surface area contributed by atoms with Gasteiger partial charge in [-0.2, -0.15) is 0 Å². The molecule has 25 heavy (non-hydrogen) atoms. The van der Waals surface area contributed by atoms with E-state index in [4.69, 9.17) is 11.6 Å². The molecule has 0 aliphatic rings. The van der Waals surface area contributed by atoms with Crippen molar-refractivity contribution in [3.8, 4) is 0 Å². The molecule has 0 bridgehead atoms. The largest absolute Gasteiger partial charge is 0.339 e. The summed E-state index contributed by atoms with van der Waals surface area (Å²) < 4.78 is 0. The molecular formula is C18H18ClN3O3. The fourth-order valence-corrected chi connectivity index (χ4v) is 2.19. The Balaban J connectivity index is 1.84. The lowest BCUT2D eigenvalue weighted by Gasteiger charge is -2.09. The molecule has 2 aromatic rings. The predicted molar refractivity (Wildman–Crippen MR) is 97.6 cm³/mol. The van der Waals surface area contributed by atoms with E-state index in [2.05, 4.69) is 16.0 Å². The van der Waals surface area contributed by atoms with E-state index in [9.17, 15) is 14.4 Å². The molecule has 0 atom stereocenters. The number of carbonyl (C=O) groups is 3. The van der Waals surface area contributed by atoms with Gasteiger partial charge in [-0.15, -0.1) is 0 Å². The number of rotatable bonds is 4. The maximum atomic E-state index is 11.9. The molecule has 0 fully saturated rings. The van der Waals surface area contributed by atoms with Crippen LogP contribution in [0.25, 0.3) is 0 Å². The lowest BCUT2D eigenvalue weighted by Crippen LogP contribution is -2.39. The van der Waals surface area contributed by atoms with Gasteiger partial charge in [-0.05, 0) is 49.2 Å². The summed E-state index contributed by atoms with van der Waals surface area (Å²) in [7, 11) is 0. The maximum absolute atomic E-state index is 11.9. The molecule has 0 unspecified atom stereocenters. The summed E-state index contributed by atoms with van der Waals surface area (Å²) in [5.41, 5.74) is 3.03. The van der Waals surface area contributed by atoms with Gasteiger partial charge in [0.05, 0.1) is 17.3 Å². The van der Waals surface area contributed by atoms with Crippen LogP contribution in [-0.4, -0.2) is 24.3 Å². The highest BCUT2D eigenvalue weighted by Gasteiger charge is 2.15. The second-order valence-electron chi connectivity index (χ2n) is 5.46. The van der Waals surface area contributed by atoms with Crippen LogP contribution in [0.15, 0.2) is 42.5 Å². The molecule has 3 amide bonds. The minimum absolute atomic E-state index is 0.343. The van der Waals surface area contributed by atoms with Crippen molar-refractivity contribution in [2.75, 3.05) is 17.2 Å². The highest BCUT2D eigenvalue weighted by atomic mass is 35.5. The second-order valence-corrected chi connectivity index (χ2v) is 5.87. The number of amides is 3. The van der Waals surface area contributed by atoms with E-state index in [0.29, 0.717) is 16.4 Å². The first-order valence-electron chi connectivity index (χ1n) is 7.57. The van der Waals surface area contributed by atoms with E-state index in [1.165, 1.54) is 0 Å². The first-order valence-corrected chi connectivity index (χ1v) is 7.95. The zero-order valence-corrected chi connectivity index (χ0v) is 14.6. The van der Waals surface area contributed by atoms with E-state index >= 15 is 0 Å². The molecule has 0 spiro atoms.